The first-order valence-electron chi connectivity index (χ1n) is 24.4. The Morgan fingerprint density at radius 3 is 1.11 bits per heavy atom. The molecule has 0 heterocycles. The second-order valence-corrected chi connectivity index (χ2v) is 18.1. The fourth-order valence-electron chi connectivity index (χ4n) is 10.3. The van der Waals surface area contributed by atoms with Gasteiger partial charge in [0.2, 0.25) is 0 Å². The molecule has 10 aromatic rings. The van der Waals surface area contributed by atoms with Gasteiger partial charge in [0.15, 0.2) is 0 Å². The molecule has 0 saturated carbocycles. The molecule has 0 spiro atoms. The van der Waals surface area contributed by atoms with Gasteiger partial charge >= 0.3 is 0 Å². The third kappa shape index (κ3) is 8.52. The Morgan fingerprint density at radius 2 is 0.643 bits per heavy atom. The van der Waals surface area contributed by atoms with Crippen LogP contribution in [-0.2, 0) is 0 Å². The number of nitrogens with zero attached hydrogens (tertiary/aromatic N) is 4. The highest BCUT2D eigenvalue weighted by molar-refractivity contribution is 5.91. The van der Waals surface area contributed by atoms with Gasteiger partial charge in [0.1, 0.15) is 0 Å². The van der Waals surface area contributed by atoms with Crippen molar-refractivity contribution in [1.29, 1.82) is 0 Å². The molecule has 2 aliphatic rings. The van der Waals surface area contributed by atoms with Crippen molar-refractivity contribution in [2.45, 2.75) is 25.3 Å². The Kier molecular flexibility index (Phi) is 11.6. The quantitative estimate of drug-likeness (QED) is 0.121. The number of para-hydroxylation sites is 2. The molecule has 2 aliphatic carbocycles. The van der Waals surface area contributed by atoms with Gasteiger partial charge in [-0.25, -0.2) is 0 Å². The number of hydrogen-bond acceptors (Lipinski definition) is 4. The summed E-state index contributed by atoms with van der Waals surface area (Å²) in [6.07, 6.45) is 16.2. The summed E-state index contributed by atoms with van der Waals surface area (Å²) in [4.78, 5) is 9.72. The minimum Gasteiger partial charge on any atom is -0.334 e. The van der Waals surface area contributed by atoms with Gasteiger partial charge in [-0.15, -0.1) is 0 Å². The topological polar surface area (TPSA) is 13.0 Å². The van der Waals surface area contributed by atoms with Crippen LogP contribution in [-0.4, -0.2) is 6.04 Å². The molecule has 0 aromatic heterocycles. The molecule has 0 fully saturated rings. The molecule has 0 amide bonds. The maximum absolute atomic E-state index is 2.49. The van der Waals surface area contributed by atoms with Crippen LogP contribution in [0.25, 0.3) is 32.3 Å². The Labute approximate surface area is 410 Å². The molecule has 1 unspecified atom stereocenters. The van der Waals surface area contributed by atoms with E-state index in [-0.39, 0.29) is 6.04 Å². The Balaban J connectivity index is 0.951. The van der Waals surface area contributed by atoms with Crippen molar-refractivity contribution in [3.8, 4) is 0 Å². The molecule has 12 rings (SSSR count). The minimum atomic E-state index is 0.190. The van der Waals surface area contributed by atoms with Crippen LogP contribution in [0, 0.1) is 0 Å². The highest BCUT2D eigenvalue weighted by atomic mass is 15.2. The summed E-state index contributed by atoms with van der Waals surface area (Å²) >= 11 is 0. The third-order valence-electron chi connectivity index (χ3n) is 13.7. The zero-order valence-corrected chi connectivity index (χ0v) is 39.0. The van der Waals surface area contributed by atoms with E-state index in [1.54, 1.807) is 0 Å². The van der Waals surface area contributed by atoms with Gasteiger partial charge < -0.3 is 19.6 Å². The minimum absolute atomic E-state index is 0.190. The molecule has 0 bridgehead atoms. The number of fused-ring (bicyclic) bond motifs is 3. The summed E-state index contributed by atoms with van der Waals surface area (Å²) in [7, 11) is 0. The Morgan fingerprint density at radius 1 is 0.286 bits per heavy atom. The second kappa shape index (κ2) is 19.0. The fraction of sp³-hybridized carbons (Fsp3) is 0.0606. The van der Waals surface area contributed by atoms with Crippen LogP contribution in [0.1, 0.15) is 19.3 Å². The molecule has 0 N–H and O–H groups in total. The lowest BCUT2D eigenvalue weighted by molar-refractivity contribution is 0.785. The van der Waals surface area contributed by atoms with Crippen molar-refractivity contribution < 1.29 is 0 Å². The van der Waals surface area contributed by atoms with Gasteiger partial charge in [0.05, 0.1) is 6.04 Å². The number of rotatable bonds is 12. The van der Waals surface area contributed by atoms with E-state index < -0.39 is 0 Å². The predicted octanol–water partition coefficient (Wildman–Crippen LogP) is 18.2. The van der Waals surface area contributed by atoms with Crippen LogP contribution in [0.4, 0.5) is 51.2 Å². The zero-order valence-electron chi connectivity index (χ0n) is 39.0. The van der Waals surface area contributed by atoms with Crippen LogP contribution in [0.5, 0.6) is 0 Å². The standard InChI is InChI=1S/C66H52N4/c1-4-22-55(23-5-1)68(64-31-28-49-16-10-13-19-52(49)46-64)61-40-34-58(35-41-61)67(59-36-42-62(43-37-59)69(56-24-6-2-7-25-56)65-32-29-50-17-11-14-20-53(50)47-65)60-38-44-63(45-39-60)70(57-26-8-3-9-27-57)66-33-30-51-18-12-15-21-54(51)48-66/h1-26,28-36,38-42,44-48,57H,27,37,43H2. The third-order valence-corrected chi connectivity index (χ3v) is 13.7. The largest absolute Gasteiger partial charge is 0.334 e. The van der Waals surface area contributed by atoms with Gasteiger partial charge in [0, 0.05) is 62.6 Å². The molecule has 0 aliphatic heterocycles. The summed E-state index contributed by atoms with van der Waals surface area (Å²) in [5, 5.41) is 7.39. The van der Waals surface area contributed by atoms with E-state index in [4.69, 9.17) is 0 Å². The lowest BCUT2D eigenvalue weighted by atomic mass is 10.0. The highest BCUT2D eigenvalue weighted by Gasteiger charge is 2.25. The number of benzene rings is 10. The van der Waals surface area contributed by atoms with Gasteiger partial charge in [-0.2, -0.15) is 0 Å². The molecule has 10 aromatic carbocycles. The molecule has 336 valence electrons. The van der Waals surface area contributed by atoms with Crippen LogP contribution in [0.3, 0.4) is 0 Å². The summed E-state index contributed by atoms with van der Waals surface area (Å²) < 4.78 is 0. The maximum atomic E-state index is 2.49. The normalized spacial score (nSPS) is 14.3. The average Bonchev–Trinajstić information content (AvgIpc) is 3.43. The molecule has 0 radical (unpaired) electrons. The number of hydrogen-bond donors (Lipinski definition) is 0. The van der Waals surface area contributed by atoms with E-state index in [0.29, 0.717) is 0 Å². The van der Waals surface area contributed by atoms with Crippen molar-refractivity contribution in [1.82, 2.24) is 0 Å². The lowest BCUT2D eigenvalue weighted by Gasteiger charge is -2.35. The van der Waals surface area contributed by atoms with E-state index >= 15 is 0 Å². The number of allylic oxidation sites excluding steroid dienone is 6. The molecule has 0 saturated heterocycles. The van der Waals surface area contributed by atoms with Crippen molar-refractivity contribution in [3.05, 3.63) is 284 Å². The zero-order chi connectivity index (χ0) is 46.6. The maximum Gasteiger partial charge on any atom is 0.0559 e. The van der Waals surface area contributed by atoms with Gasteiger partial charge in [-0.3, -0.25) is 0 Å². The average molecular weight is 901 g/mol. The summed E-state index contributed by atoms with van der Waals surface area (Å²) in [6.45, 7) is 0. The van der Waals surface area contributed by atoms with E-state index in [1.807, 2.05) is 0 Å². The van der Waals surface area contributed by atoms with Crippen molar-refractivity contribution >= 4 is 83.5 Å². The first-order chi connectivity index (χ1) is 34.7. The molecule has 1 atom stereocenters. The highest BCUT2D eigenvalue weighted by Crippen LogP contribution is 2.43. The Hall–Kier alpha value is -8.86. The lowest BCUT2D eigenvalue weighted by Crippen LogP contribution is -2.29. The number of anilines is 9. The van der Waals surface area contributed by atoms with Gasteiger partial charge in [-0.1, -0.05) is 152 Å². The first-order valence-corrected chi connectivity index (χ1v) is 24.4. The van der Waals surface area contributed by atoms with Crippen LogP contribution in [0.2, 0.25) is 0 Å². The van der Waals surface area contributed by atoms with Crippen molar-refractivity contribution in [2.75, 3.05) is 19.6 Å². The molecule has 70 heavy (non-hydrogen) atoms. The van der Waals surface area contributed by atoms with Crippen LogP contribution in [0.15, 0.2) is 284 Å². The van der Waals surface area contributed by atoms with E-state index in [2.05, 4.69) is 293 Å². The molecule has 4 heteroatoms. The van der Waals surface area contributed by atoms with E-state index in [0.717, 1.165) is 64.8 Å². The van der Waals surface area contributed by atoms with Crippen molar-refractivity contribution in [3.63, 3.8) is 0 Å². The van der Waals surface area contributed by atoms with Crippen molar-refractivity contribution in [2.24, 2.45) is 0 Å². The monoisotopic (exact) mass is 900 g/mol. The summed E-state index contributed by atoms with van der Waals surface area (Å²) in [5.74, 6) is 0. The predicted molar refractivity (Wildman–Crippen MR) is 298 cm³/mol. The molecule has 4 nitrogen and oxygen atoms in total. The first kappa shape index (κ1) is 42.5. The van der Waals surface area contributed by atoms with Gasteiger partial charge in [-0.05, 0) is 173 Å². The second-order valence-electron chi connectivity index (χ2n) is 18.1. The van der Waals surface area contributed by atoms with Crippen LogP contribution < -0.4 is 19.6 Å². The van der Waals surface area contributed by atoms with E-state index in [9.17, 15) is 0 Å². The SMILES string of the molecule is C1=CCC(N(c2ccc(N(C3=CC=C(N(c4ccccc4)c4ccc5ccccc5c4)CC3)c3ccc(N(c4ccccc4)c4ccc5ccccc5c4)cc3)cc2)c2ccc3ccccc3c2)C=C1. The Bertz CT molecular complexity index is 3590. The van der Waals surface area contributed by atoms with Gasteiger partial charge in [0.25, 0.3) is 0 Å². The smallest absolute Gasteiger partial charge is 0.0559 e. The summed E-state index contributed by atoms with van der Waals surface area (Å²) in [5.41, 5.74) is 12.7. The van der Waals surface area contributed by atoms with Crippen LogP contribution >= 0.6 is 0 Å². The van der Waals surface area contributed by atoms with E-state index in [1.165, 1.54) is 49.4 Å². The summed E-state index contributed by atoms with van der Waals surface area (Å²) in [6, 6.07) is 86.2. The molecular formula is C66H52N4. The fourth-order valence-corrected chi connectivity index (χ4v) is 10.3. The molecular weight excluding hydrogens is 849 g/mol.